The zero-order valence-corrected chi connectivity index (χ0v) is 11.0. The number of rotatable bonds is 4. The van der Waals surface area contributed by atoms with E-state index in [1.165, 1.54) is 11.0 Å². The summed E-state index contributed by atoms with van der Waals surface area (Å²) in [6.45, 7) is 4.28. The third-order valence-electron chi connectivity index (χ3n) is 2.89. The molecule has 0 aromatic heterocycles. The lowest BCUT2D eigenvalue weighted by Crippen LogP contribution is -2.47. The summed E-state index contributed by atoms with van der Waals surface area (Å²) >= 11 is 0. The van der Waals surface area contributed by atoms with Gasteiger partial charge in [0.15, 0.2) is 0 Å². The van der Waals surface area contributed by atoms with Crippen molar-refractivity contribution >= 4 is 17.9 Å². The molecular weight excluding hydrogens is 250 g/mol. The molecule has 1 saturated heterocycles. The van der Waals surface area contributed by atoms with E-state index in [0.29, 0.717) is 19.5 Å². The molecule has 1 aliphatic heterocycles. The van der Waals surface area contributed by atoms with Crippen molar-refractivity contribution in [2.24, 2.45) is 0 Å². The van der Waals surface area contributed by atoms with E-state index < -0.39 is 18.5 Å². The van der Waals surface area contributed by atoms with Gasteiger partial charge >= 0.3 is 12.0 Å². The molecule has 0 atom stereocenters. The second kappa shape index (κ2) is 6.77. The Morgan fingerprint density at radius 2 is 2.16 bits per heavy atom. The van der Waals surface area contributed by atoms with Gasteiger partial charge in [0.25, 0.3) is 0 Å². The Labute approximate surface area is 112 Å². The highest BCUT2D eigenvalue weighted by molar-refractivity contribution is 5.86. The molecule has 7 heteroatoms. The lowest BCUT2D eigenvalue weighted by molar-refractivity contribution is -0.137. The van der Waals surface area contributed by atoms with E-state index in [1.807, 2.05) is 0 Å². The summed E-state index contributed by atoms with van der Waals surface area (Å²) in [7, 11) is 1.69. The minimum Gasteiger partial charge on any atom is -0.480 e. The van der Waals surface area contributed by atoms with Crippen LogP contribution in [0, 0.1) is 0 Å². The molecule has 0 unspecified atom stereocenters. The van der Waals surface area contributed by atoms with Crippen LogP contribution in [0.4, 0.5) is 4.79 Å². The van der Waals surface area contributed by atoms with Crippen molar-refractivity contribution in [3.05, 3.63) is 12.7 Å². The summed E-state index contributed by atoms with van der Waals surface area (Å²) in [5, 5.41) is 8.79. The Morgan fingerprint density at radius 3 is 2.74 bits per heavy atom. The fourth-order valence-corrected chi connectivity index (χ4v) is 1.88. The van der Waals surface area contributed by atoms with Crippen molar-refractivity contribution in [3.63, 3.8) is 0 Å². The Kier molecular flexibility index (Phi) is 5.35. The number of carboxylic acid groups (broad SMARTS) is 1. The number of hydrogen-bond acceptors (Lipinski definition) is 3. The number of carbonyl (C=O) groups excluding carboxylic acids is 2. The van der Waals surface area contributed by atoms with Crippen molar-refractivity contribution in [2.75, 3.05) is 39.8 Å². The van der Waals surface area contributed by atoms with Crippen molar-refractivity contribution in [1.82, 2.24) is 14.7 Å². The van der Waals surface area contributed by atoms with Crippen LogP contribution in [-0.4, -0.2) is 77.5 Å². The van der Waals surface area contributed by atoms with Crippen LogP contribution in [0.2, 0.25) is 0 Å². The van der Waals surface area contributed by atoms with Gasteiger partial charge in [0.2, 0.25) is 5.91 Å². The Balaban J connectivity index is 2.74. The molecule has 3 amide bonds. The topological polar surface area (TPSA) is 81.2 Å². The Hall–Kier alpha value is -2.05. The van der Waals surface area contributed by atoms with E-state index in [4.69, 9.17) is 5.11 Å². The van der Waals surface area contributed by atoms with Crippen molar-refractivity contribution in [1.29, 1.82) is 0 Å². The number of nitrogens with zero attached hydrogens (tertiary/aromatic N) is 3. The van der Waals surface area contributed by atoms with Gasteiger partial charge in [-0.2, -0.15) is 0 Å². The first-order valence-corrected chi connectivity index (χ1v) is 6.06. The first-order valence-electron chi connectivity index (χ1n) is 6.06. The van der Waals surface area contributed by atoms with Crippen LogP contribution in [0.3, 0.4) is 0 Å². The van der Waals surface area contributed by atoms with Crippen LogP contribution in [0.15, 0.2) is 12.7 Å². The SMILES string of the molecule is C=CCN(CC(=O)O)C(=O)N1CCCN(C)C(=O)C1. The second-order valence-electron chi connectivity index (χ2n) is 4.44. The molecule has 0 aromatic carbocycles. The van der Waals surface area contributed by atoms with Gasteiger partial charge in [-0.3, -0.25) is 9.59 Å². The summed E-state index contributed by atoms with van der Waals surface area (Å²) < 4.78 is 0. The summed E-state index contributed by atoms with van der Waals surface area (Å²) in [4.78, 5) is 38.8. The Morgan fingerprint density at radius 1 is 1.47 bits per heavy atom. The van der Waals surface area contributed by atoms with Gasteiger partial charge in [0.1, 0.15) is 13.1 Å². The molecule has 0 spiro atoms. The summed E-state index contributed by atoms with van der Waals surface area (Å²) in [5.41, 5.74) is 0. The van der Waals surface area contributed by atoms with E-state index in [9.17, 15) is 14.4 Å². The maximum absolute atomic E-state index is 12.2. The minimum atomic E-state index is -1.09. The molecule has 106 valence electrons. The number of hydrogen-bond donors (Lipinski definition) is 1. The molecule has 0 aliphatic carbocycles. The lowest BCUT2D eigenvalue weighted by Gasteiger charge is -2.27. The molecule has 0 radical (unpaired) electrons. The van der Waals surface area contributed by atoms with Gasteiger partial charge in [-0.1, -0.05) is 6.08 Å². The average Bonchev–Trinajstić information content (AvgIpc) is 2.50. The van der Waals surface area contributed by atoms with Crippen LogP contribution in [-0.2, 0) is 9.59 Å². The summed E-state index contributed by atoms with van der Waals surface area (Å²) in [6.07, 6.45) is 2.15. The first kappa shape index (κ1) is 15.0. The van der Waals surface area contributed by atoms with Gasteiger partial charge in [0, 0.05) is 26.7 Å². The molecule has 0 bridgehead atoms. The summed E-state index contributed by atoms with van der Waals surface area (Å²) in [5.74, 6) is -1.23. The van der Waals surface area contributed by atoms with E-state index in [-0.39, 0.29) is 19.0 Å². The number of carbonyl (C=O) groups is 3. The summed E-state index contributed by atoms with van der Waals surface area (Å²) in [6, 6.07) is -0.439. The molecule has 1 rings (SSSR count). The fourth-order valence-electron chi connectivity index (χ4n) is 1.88. The van der Waals surface area contributed by atoms with Gasteiger partial charge < -0.3 is 19.8 Å². The molecule has 1 N–H and O–H groups in total. The number of aliphatic carboxylic acids is 1. The quantitative estimate of drug-likeness (QED) is 0.719. The zero-order chi connectivity index (χ0) is 14.4. The average molecular weight is 269 g/mol. The molecule has 0 saturated carbocycles. The standard InChI is InChI=1S/C12H19N3O4/c1-3-5-14(9-11(17)18)12(19)15-7-4-6-13(2)10(16)8-15/h3H,1,4-9H2,2H3,(H,17,18). The predicted octanol–water partition coefficient (Wildman–Crippen LogP) is -0.157. The molecule has 7 nitrogen and oxygen atoms in total. The largest absolute Gasteiger partial charge is 0.480 e. The van der Waals surface area contributed by atoms with Gasteiger partial charge in [0.05, 0.1) is 0 Å². The number of amides is 3. The number of carboxylic acids is 1. The van der Waals surface area contributed by atoms with Gasteiger partial charge in [-0.15, -0.1) is 6.58 Å². The van der Waals surface area contributed by atoms with Crippen LogP contribution >= 0.6 is 0 Å². The van der Waals surface area contributed by atoms with E-state index in [2.05, 4.69) is 6.58 Å². The molecule has 19 heavy (non-hydrogen) atoms. The van der Waals surface area contributed by atoms with Gasteiger partial charge in [-0.05, 0) is 6.42 Å². The van der Waals surface area contributed by atoms with Gasteiger partial charge in [-0.25, -0.2) is 4.79 Å². The highest BCUT2D eigenvalue weighted by atomic mass is 16.4. The van der Waals surface area contributed by atoms with Crippen LogP contribution in [0.25, 0.3) is 0 Å². The maximum atomic E-state index is 12.2. The van der Waals surface area contributed by atoms with Crippen molar-refractivity contribution in [3.8, 4) is 0 Å². The number of urea groups is 1. The third kappa shape index (κ3) is 4.27. The first-order chi connectivity index (χ1) is 8.95. The monoisotopic (exact) mass is 269 g/mol. The van der Waals surface area contributed by atoms with E-state index >= 15 is 0 Å². The molecular formula is C12H19N3O4. The van der Waals surface area contributed by atoms with Crippen LogP contribution in [0.1, 0.15) is 6.42 Å². The van der Waals surface area contributed by atoms with E-state index in [1.54, 1.807) is 11.9 Å². The lowest BCUT2D eigenvalue weighted by atomic mass is 10.4. The highest BCUT2D eigenvalue weighted by Crippen LogP contribution is 2.06. The maximum Gasteiger partial charge on any atom is 0.323 e. The Bertz CT molecular complexity index is 383. The molecule has 1 fully saturated rings. The minimum absolute atomic E-state index is 0.0113. The van der Waals surface area contributed by atoms with E-state index in [0.717, 1.165) is 4.90 Å². The fraction of sp³-hybridized carbons (Fsp3) is 0.583. The zero-order valence-electron chi connectivity index (χ0n) is 11.0. The molecule has 0 aromatic rings. The van der Waals surface area contributed by atoms with Crippen molar-refractivity contribution in [2.45, 2.75) is 6.42 Å². The third-order valence-corrected chi connectivity index (χ3v) is 2.89. The highest BCUT2D eigenvalue weighted by Gasteiger charge is 2.26. The van der Waals surface area contributed by atoms with Crippen molar-refractivity contribution < 1.29 is 19.5 Å². The molecule has 1 aliphatic rings. The molecule has 1 heterocycles. The van der Waals surface area contributed by atoms with Crippen LogP contribution < -0.4 is 0 Å². The second-order valence-corrected chi connectivity index (χ2v) is 4.44. The predicted molar refractivity (Wildman–Crippen MR) is 68.6 cm³/mol. The smallest absolute Gasteiger partial charge is 0.323 e. The number of likely N-dealkylation sites (N-methyl/N-ethyl adjacent to an activating group) is 1. The normalized spacial score (nSPS) is 15.9. The van der Waals surface area contributed by atoms with Crippen LogP contribution in [0.5, 0.6) is 0 Å².